The van der Waals surface area contributed by atoms with Crippen molar-refractivity contribution in [2.45, 2.75) is 56.4 Å². The third kappa shape index (κ3) is 3.52. The third-order valence-corrected chi connectivity index (χ3v) is 6.69. The van der Waals surface area contributed by atoms with E-state index >= 15 is 4.39 Å². The van der Waals surface area contributed by atoms with Gasteiger partial charge in [-0.25, -0.2) is 14.4 Å². The maximum absolute atomic E-state index is 15.4. The molecular formula is C22H26FN7O. The van der Waals surface area contributed by atoms with Crippen LogP contribution >= 0.6 is 0 Å². The average molecular weight is 423 g/mol. The van der Waals surface area contributed by atoms with Gasteiger partial charge in [0.05, 0.1) is 29.8 Å². The molecule has 3 aromatic rings. The number of halogens is 1. The van der Waals surface area contributed by atoms with E-state index in [-0.39, 0.29) is 11.8 Å². The van der Waals surface area contributed by atoms with Crippen LogP contribution in [-0.2, 0) is 0 Å². The Morgan fingerprint density at radius 3 is 2.90 bits per heavy atom. The minimum Gasteiger partial charge on any atom is -0.507 e. The van der Waals surface area contributed by atoms with E-state index in [9.17, 15) is 5.11 Å². The lowest BCUT2D eigenvalue weighted by Crippen LogP contribution is -2.68. The molecule has 5 rings (SSSR count). The topological polar surface area (TPSA) is 92.0 Å². The molecule has 2 bridgehead atoms. The summed E-state index contributed by atoms with van der Waals surface area (Å²) in [4.78, 5) is 10.3. The minimum absolute atomic E-state index is 0.0528. The Balaban J connectivity index is 1.36. The molecule has 4 heterocycles. The average Bonchev–Trinajstić information content (AvgIpc) is 3.31. The number of phenols is 1. The number of rotatable bonds is 4. The maximum atomic E-state index is 15.4. The number of benzene rings is 1. The molecule has 4 atom stereocenters. The lowest BCUT2D eigenvalue weighted by atomic mass is 9.73. The molecule has 162 valence electrons. The highest BCUT2D eigenvalue weighted by Gasteiger charge is 2.49. The van der Waals surface area contributed by atoms with E-state index < -0.39 is 11.7 Å². The molecule has 2 aliphatic heterocycles. The van der Waals surface area contributed by atoms with Crippen molar-refractivity contribution in [1.82, 2.24) is 30.0 Å². The molecule has 2 fully saturated rings. The van der Waals surface area contributed by atoms with E-state index in [2.05, 4.69) is 25.5 Å². The fraction of sp³-hybridized carbons (Fsp3) is 0.455. The molecule has 0 radical (unpaired) electrons. The molecule has 2 saturated heterocycles. The molecule has 8 nitrogen and oxygen atoms in total. The second kappa shape index (κ2) is 7.56. The van der Waals surface area contributed by atoms with Crippen LogP contribution in [0.3, 0.4) is 0 Å². The van der Waals surface area contributed by atoms with Crippen LogP contribution in [0.5, 0.6) is 5.75 Å². The summed E-state index contributed by atoms with van der Waals surface area (Å²) in [5.41, 5.74) is 0.767. The SMILES string of the molecule is CN(c1cnc(-c2ccc(-n3ccnc3)cc2O)nn1)[C@@H]1CC2CCC[C@](C)(N2)[C@@H]1F. The highest BCUT2D eigenvalue weighted by molar-refractivity contribution is 5.66. The molecule has 9 heteroatoms. The zero-order valence-electron chi connectivity index (χ0n) is 17.6. The number of hydrogen-bond donors (Lipinski definition) is 2. The van der Waals surface area contributed by atoms with Crippen molar-refractivity contribution in [3.05, 3.63) is 43.1 Å². The fourth-order valence-electron chi connectivity index (χ4n) is 4.92. The van der Waals surface area contributed by atoms with Gasteiger partial charge in [-0.3, -0.25) is 0 Å². The number of nitrogens with one attached hydrogen (secondary N) is 1. The van der Waals surface area contributed by atoms with Crippen LogP contribution in [0.4, 0.5) is 10.2 Å². The van der Waals surface area contributed by atoms with Gasteiger partial charge in [-0.1, -0.05) is 0 Å². The van der Waals surface area contributed by atoms with Crippen LogP contribution in [0.2, 0.25) is 0 Å². The number of anilines is 1. The van der Waals surface area contributed by atoms with Crippen molar-refractivity contribution in [2.24, 2.45) is 0 Å². The molecule has 2 aromatic heterocycles. The summed E-state index contributed by atoms with van der Waals surface area (Å²) in [6, 6.07) is 5.27. The second-order valence-electron chi connectivity index (χ2n) is 8.78. The van der Waals surface area contributed by atoms with Gasteiger partial charge in [-0.05, 0) is 44.7 Å². The molecular weight excluding hydrogens is 397 g/mol. The van der Waals surface area contributed by atoms with E-state index in [1.165, 1.54) is 0 Å². The summed E-state index contributed by atoms with van der Waals surface area (Å²) in [5.74, 6) is 0.893. The van der Waals surface area contributed by atoms with Crippen LogP contribution in [0.1, 0.15) is 32.6 Å². The smallest absolute Gasteiger partial charge is 0.185 e. The number of piperidine rings is 2. The number of alkyl halides is 1. The number of hydrogen-bond acceptors (Lipinski definition) is 7. The van der Waals surface area contributed by atoms with Crippen LogP contribution in [-0.4, -0.2) is 60.7 Å². The number of nitrogens with zero attached hydrogens (tertiary/aromatic N) is 6. The molecule has 2 aliphatic rings. The summed E-state index contributed by atoms with van der Waals surface area (Å²) in [6.07, 6.45) is 9.42. The predicted octanol–water partition coefficient (Wildman–Crippen LogP) is 2.88. The highest BCUT2D eigenvalue weighted by atomic mass is 19.1. The Kier molecular flexibility index (Phi) is 4.85. The van der Waals surface area contributed by atoms with Crippen LogP contribution in [0, 0.1) is 0 Å². The lowest BCUT2D eigenvalue weighted by molar-refractivity contribution is 0.0405. The first-order valence-corrected chi connectivity index (χ1v) is 10.6. The zero-order chi connectivity index (χ0) is 21.6. The van der Waals surface area contributed by atoms with Gasteiger partial charge < -0.3 is 19.9 Å². The van der Waals surface area contributed by atoms with Crippen molar-refractivity contribution in [1.29, 1.82) is 0 Å². The monoisotopic (exact) mass is 423 g/mol. The summed E-state index contributed by atoms with van der Waals surface area (Å²) < 4.78 is 17.2. The number of aromatic hydroxyl groups is 1. The first kappa shape index (κ1) is 19.9. The molecule has 0 saturated carbocycles. The van der Waals surface area contributed by atoms with Crippen molar-refractivity contribution in [2.75, 3.05) is 11.9 Å². The van der Waals surface area contributed by atoms with Crippen molar-refractivity contribution in [3.8, 4) is 22.8 Å². The maximum Gasteiger partial charge on any atom is 0.185 e. The van der Waals surface area contributed by atoms with Crippen LogP contribution in [0.25, 0.3) is 17.1 Å². The largest absolute Gasteiger partial charge is 0.507 e. The Morgan fingerprint density at radius 2 is 2.19 bits per heavy atom. The molecule has 0 aliphatic carbocycles. The van der Waals surface area contributed by atoms with Crippen molar-refractivity contribution >= 4 is 5.82 Å². The first-order chi connectivity index (χ1) is 14.9. The predicted molar refractivity (Wildman–Crippen MR) is 115 cm³/mol. The number of aromatic nitrogens is 5. The number of fused-ring (bicyclic) bond motifs is 2. The molecule has 1 aromatic carbocycles. The molecule has 1 unspecified atom stereocenters. The fourth-order valence-corrected chi connectivity index (χ4v) is 4.92. The second-order valence-corrected chi connectivity index (χ2v) is 8.78. The van der Waals surface area contributed by atoms with E-state index in [1.54, 1.807) is 41.6 Å². The first-order valence-electron chi connectivity index (χ1n) is 10.6. The summed E-state index contributed by atoms with van der Waals surface area (Å²) in [5, 5.41) is 22.5. The Bertz CT molecular complexity index is 1060. The molecule has 0 amide bonds. The quantitative estimate of drug-likeness (QED) is 0.667. The number of imidazole rings is 1. The molecule has 31 heavy (non-hydrogen) atoms. The normalized spacial score (nSPS) is 27.8. The van der Waals surface area contributed by atoms with Gasteiger partial charge >= 0.3 is 0 Å². The Labute approximate surface area is 180 Å². The van der Waals surface area contributed by atoms with E-state index in [0.717, 1.165) is 31.4 Å². The summed E-state index contributed by atoms with van der Waals surface area (Å²) in [7, 11) is 1.85. The summed E-state index contributed by atoms with van der Waals surface area (Å²) in [6.45, 7) is 1.98. The van der Waals surface area contributed by atoms with Gasteiger partial charge in [0.2, 0.25) is 0 Å². The Morgan fingerprint density at radius 1 is 1.32 bits per heavy atom. The Hall–Kier alpha value is -3.07. The lowest BCUT2D eigenvalue weighted by Gasteiger charge is -2.52. The van der Waals surface area contributed by atoms with Crippen LogP contribution in [0.15, 0.2) is 43.1 Å². The van der Waals surface area contributed by atoms with E-state index in [0.29, 0.717) is 23.2 Å². The zero-order valence-corrected chi connectivity index (χ0v) is 17.6. The number of phenolic OH excluding ortho intramolecular Hbond substituents is 1. The van der Waals surface area contributed by atoms with Gasteiger partial charge in [-0.15, -0.1) is 10.2 Å². The minimum atomic E-state index is -1.00. The molecule has 2 N–H and O–H groups in total. The van der Waals surface area contributed by atoms with Crippen LogP contribution < -0.4 is 10.2 Å². The van der Waals surface area contributed by atoms with Gasteiger partial charge in [-0.2, -0.15) is 0 Å². The third-order valence-electron chi connectivity index (χ3n) is 6.69. The standard InChI is InChI=1S/C22H26FN7O/c1-22-7-3-4-14(26-22)10-17(20(22)23)29(2)19-12-25-21(28-27-19)16-6-5-15(11-18(16)31)30-9-8-24-13-30/h5-6,8-9,11-14,17,20,26,31H,3-4,7,10H2,1-2H3/t14?,17-,20-,22+/m1/s1. The highest BCUT2D eigenvalue weighted by Crippen LogP contribution is 2.38. The van der Waals surface area contributed by atoms with Gasteiger partial charge in [0.25, 0.3) is 0 Å². The van der Waals surface area contributed by atoms with Crippen molar-refractivity contribution in [3.63, 3.8) is 0 Å². The van der Waals surface area contributed by atoms with Gasteiger partial charge in [0.1, 0.15) is 11.9 Å². The van der Waals surface area contributed by atoms with E-state index in [4.69, 9.17) is 0 Å². The van der Waals surface area contributed by atoms with E-state index in [1.807, 2.05) is 24.9 Å². The summed E-state index contributed by atoms with van der Waals surface area (Å²) >= 11 is 0. The molecule has 0 spiro atoms. The van der Waals surface area contributed by atoms with Gasteiger partial charge in [0.15, 0.2) is 11.6 Å². The van der Waals surface area contributed by atoms with Gasteiger partial charge in [0, 0.05) is 37.1 Å². The van der Waals surface area contributed by atoms with Crippen molar-refractivity contribution < 1.29 is 9.50 Å².